The predicted molar refractivity (Wildman–Crippen MR) is 48.6 cm³/mol. The Hall–Kier alpha value is -0.940. The first-order valence-corrected chi connectivity index (χ1v) is 4.98. The highest BCUT2D eigenvalue weighted by Gasteiger charge is 2.49. The lowest BCUT2D eigenvalue weighted by Gasteiger charge is -2.09. The Morgan fingerprint density at radius 3 is 3.00 bits per heavy atom. The zero-order chi connectivity index (χ0) is 9.31. The number of nitrogens with one attached hydrogen (secondary N) is 1. The number of rotatable bonds is 4. The van der Waals surface area contributed by atoms with Gasteiger partial charge < -0.3 is 5.11 Å². The molecule has 1 heterocycles. The SMILES string of the molecule is O=C(O)C1(NCc2nccs2)CC1. The second-order valence-electron chi connectivity index (χ2n) is 3.17. The van der Waals surface area contributed by atoms with Gasteiger partial charge in [-0.25, -0.2) is 4.98 Å². The van der Waals surface area contributed by atoms with E-state index in [9.17, 15) is 4.79 Å². The topological polar surface area (TPSA) is 62.2 Å². The lowest BCUT2D eigenvalue weighted by Crippen LogP contribution is -2.38. The van der Waals surface area contributed by atoms with Gasteiger partial charge in [-0.2, -0.15) is 0 Å². The van der Waals surface area contributed by atoms with Crippen molar-refractivity contribution in [3.63, 3.8) is 0 Å². The Labute approximate surface area is 79.6 Å². The smallest absolute Gasteiger partial charge is 0.323 e. The van der Waals surface area contributed by atoms with Crippen molar-refractivity contribution in [2.24, 2.45) is 0 Å². The minimum absolute atomic E-state index is 0.559. The van der Waals surface area contributed by atoms with Crippen LogP contribution in [-0.2, 0) is 11.3 Å². The minimum atomic E-state index is -0.746. The van der Waals surface area contributed by atoms with E-state index >= 15 is 0 Å². The molecular weight excluding hydrogens is 188 g/mol. The molecule has 4 nitrogen and oxygen atoms in total. The molecule has 1 saturated carbocycles. The number of carboxylic acid groups (broad SMARTS) is 1. The van der Waals surface area contributed by atoms with E-state index in [0.29, 0.717) is 6.54 Å². The van der Waals surface area contributed by atoms with Gasteiger partial charge in [0.1, 0.15) is 10.5 Å². The normalized spacial score (nSPS) is 18.5. The lowest BCUT2D eigenvalue weighted by molar-refractivity contribution is -0.140. The highest BCUT2D eigenvalue weighted by molar-refractivity contribution is 7.09. The fourth-order valence-electron chi connectivity index (χ4n) is 1.18. The van der Waals surface area contributed by atoms with E-state index in [-0.39, 0.29) is 0 Å². The molecule has 1 aliphatic rings. The van der Waals surface area contributed by atoms with Crippen LogP contribution >= 0.6 is 11.3 Å². The molecule has 0 unspecified atom stereocenters. The molecule has 1 fully saturated rings. The molecule has 0 atom stereocenters. The number of aliphatic carboxylic acids is 1. The molecule has 0 saturated heterocycles. The lowest BCUT2D eigenvalue weighted by atomic mass is 10.3. The van der Waals surface area contributed by atoms with Crippen molar-refractivity contribution < 1.29 is 9.90 Å². The molecule has 1 aliphatic carbocycles. The second-order valence-corrected chi connectivity index (χ2v) is 4.15. The molecule has 1 aromatic rings. The van der Waals surface area contributed by atoms with E-state index in [0.717, 1.165) is 17.8 Å². The summed E-state index contributed by atoms with van der Waals surface area (Å²) in [6.07, 6.45) is 3.18. The summed E-state index contributed by atoms with van der Waals surface area (Å²) in [5, 5.41) is 14.7. The van der Waals surface area contributed by atoms with Crippen molar-refractivity contribution in [1.82, 2.24) is 10.3 Å². The summed E-state index contributed by atoms with van der Waals surface area (Å²) in [6.45, 7) is 0.559. The number of nitrogens with zero attached hydrogens (tertiary/aromatic N) is 1. The summed E-state index contributed by atoms with van der Waals surface area (Å²) in [5.74, 6) is -0.746. The van der Waals surface area contributed by atoms with Crippen molar-refractivity contribution in [2.75, 3.05) is 0 Å². The molecule has 0 radical (unpaired) electrons. The molecule has 0 spiro atoms. The third-order valence-corrected chi connectivity index (χ3v) is 3.00. The summed E-state index contributed by atoms with van der Waals surface area (Å²) in [5.41, 5.74) is -0.647. The highest BCUT2D eigenvalue weighted by atomic mass is 32.1. The molecule has 2 rings (SSSR count). The maximum Gasteiger partial charge on any atom is 0.323 e. The number of thiazole rings is 1. The second kappa shape index (κ2) is 3.08. The van der Waals surface area contributed by atoms with Crippen LogP contribution in [0.1, 0.15) is 17.8 Å². The molecule has 0 amide bonds. The van der Waals surface area contributed by atoms with Gasteiger partial charge in [-0.15, -0.1) is 11.3 Å². The first-order chi connectivity index (χ1) is 6.23. The molecule has 0 aromatic carbocycles. The molecule has 0 aliphatic heterocycles. The van der Waals surface area contributed by atoms with Crippen molar-refractivity contribution in [2.45, 2.75) is 24.9 Å². The Bertz CT molecular complexity index is 306. The fraction of sp³-hybridized carbons (Fsp3) is 0.500. The van der Waals surface area contributed by atoms with E-state index in [4.69, 9.17) is 5.11 Å². The molecule has 13 heavy (non-hydrogen) atoms. The third-order valence-electron chi connectivity index (χ3n) is 2.22. The van der Waals surface area contributed by atoms with Crippen molar-refractivity contribution in [3.05, 3.63) is 16.6 Å². The number of aromatic nitrogens is 1. The Morgan fingerprint density at radius 2 is 2.54 bits per heavy atom. The number of hydrogen-bond acceptors (Lipinski definition) is 4. The summed E-state index contributed by atoms with van der Waals surface area (Å²) in [6, 6.07) is 0. The van der Waals surface area contributed by atoms with Crippen molar-refractivity contribution >= 4 is 17.3 Å². The monoisotopic (exact) mass is 198 g/mol. The van der Waals surface area contributed by atoms with Crippen LogP contribution in [0.5, 0.6) is 0 Å². The molecular formula is C8H10N2O2S. The number of carbonyl (C=O) groups is 1. The van der Waals surface area contributed by atoms with Gasteiger partial charge in [0, 0.05) is 18.1 Å². The predicted octanol–water partition coefficient (Wildman–Crippen LogP) is 0.850. The number of hydrogen-bond donors (Lipinski definition) is 2. The van der Waals surface area contributed by atoms with Gasteiger partial charge in [-0.05, 0) is 12.8 Å². The molecule has 2 N–H and O–H groups in total. The van der Waals surface area contributed by atoms with Crippen molar-refractivity contribution in [1.29, 1.82) is 0 Å². The molecule has 5 heteroatoms. The van der Waals surface area contributed by atoms with Crippen LogP contribution < -0.4 is 5.32 Å². The quantitative estimate of drug-likeness (QED) is 0.753. The van der Waals surface area contributed by atoms with E-state index in [2.05, 4.69) is 10.3 Å². The van der Waals surface area contributed by atoms with E-state index in [1.165, 1.54) is 11.3 Å². The zero-order valence-electron chi connectivity index (χ0n) is 6.99. The van der Waals surface area contributed by atoms with Gasteiger partial charge in [0.2, 0.25) is 0 Å². The van der Waals surface area contributed by atoms with E-state index < -0.39 is 11.5 Å². The minimum Gasteiger partial charge on any atom is -0.480 e. The number of carboxylic acids is 1. The van der Waals surface area contributed by atoms with Crippen LogP contribution in [0.2, 0.25) is 0 Å². The average molecular weight is 198 g/mol. The Balaban J connectivity index is 1.90. The Morgan fingerprint density at radius 1 is 1.77 bits per heavy atom. The average Bonchev–Trinajstić information content (AvgIpc) is 2.73. The summed E-state index contributed by atoms with van der Waals surface area (Å²) >= 11 is 1.54. The van der Waals surface area contributed by atoms with E-state index in [1.807, 2.05) is 5.38 Å². The molecule has 1 aromatic heterocycles. The molecule has 0 bridgehead atoms. The largest absolute Gasteiger partial charge is 0.480 e. The van der Waals surface area contributed by atoms with Crippen LogP contribution in [0.15, 0.2) is 11.6 Å². The van der Waals surface area contributed by atoms with Crippen LogP contribution in [-0.4, -0.2) is 21.6 Å². The van der Waals surface area contributed by atoms with Gasteiger partial charge in [-0.1, -0.05) is 0 Å². The van der Waals surface area contributed by atoms with Gasteiger partial charge in [-0.3, -0.25) is 10.1 Å². The maximum absolute atomic E-state index is 10.8. The fourth-order valence-corrected chi connectivity index (χ4v) is 1.73. The standard InChI is InChI=1S/C8H10N2O2S/c11-7(12)8(1-2-8)10-5-6-9-3-4-13-6/h3-4,10H,1-2,5H2,(H,11,12). The summed E-state index contributed by atoms with van der Waals surface area (Å²) in [7, 11) is 0. The first kappa shape index (κ1) is 8.65. The van der Waals surface area contributed by atoms with Crippen LogP contribution in [0.4, 0.5) is 0 Å². The zero-order valence-corrected chi connectivity index (χ0v) is 7.80. The van der Waals surface area contributed by atoms with Gasteiger partial charge in [0.25, 0.3) is 0 Å². The maximum atomic E-state index is 10.8. The van der Waals surface area contributed by atoms with Gasteiger partial charge in [0.05, 0.1) is 0 Å². The van der Waals surface area contributed by atoms with E-state index in [1.54, 1.807) is 6.20 Å². The van der Waals surface area contributed by atoms with Crippen LogP contribution in [0.3, 0.4) is 0 Å². The molecule has 70 valence electrons. The van der Waals surface area contributed by atoms with Crippen LogP contribution in [0.25, 0.3) is 0 Å². The van der Waals surface area contributed by atoms with Gasteiger partial charge in [0.15, 0.2) is 0 Å². The summed E-state index contributed by atoms with van der Waals surface area (Å²) in [4.78, 5) is 14.8. The third kappa shape index (κ3) is 1.71. The first-order valence-electron chi connectivity index (χ1n) is 4.10. The summed E-state index contributed by atoms with van der Waals surface area (Å²) < 4.78 is 0. The van der Waals surface area contributed by atoms with Crippen molar-refractivity contribution in [3.8, 4) is 0 Å². The Kier molecular flexibility index (Phi) is 2.05. The van der Waals surface area contributed by atoms with Crippen LogP contribution in [0, 0.1) is 0 Å². The highest BCUT2D eigenvalue weighted by Crippen LogP contribution is 2.35. The van der Waals surface area contributed by atoms with Gasteiger partial charge >= 0.3 is 5.97 Å².